The molecule has 17 heteroatoms. The number of Topliss-reactive ketones (excluding diaryl/α,β-unsaturated/α-hetero) is 1. The Bertz CT molecular complexity index is 2760. The highest BCUT2D eigenvalue weighted by Crippen LogP contribution is 2.46. The molecule has 0 aliphatic heterocycles. The largest absolute Gasteiger partial charge is 0.465 e. The third kappa shape index (κ3) is 21.6. The van der Waals surface area contributed by atoms with Gasteiger partial charge in [0.05, 0.1) is 45.3 Å². The number of ether oxygens (including phenoxy) is 6. The highest BCUT2D eigenvalue weighted by atomic mass is 16.7. The molecule has 0 bridgehead atoms. The summed E-state index contributed by atoms with van der Waals surface area (Å²) in [5, 5.41) is 5.97. The Hall–Kier alpha value is -6.95. The van der Waals surface area contributed by atoms with Gasteiger partial charge >= 0.3 is 24.0 Å². The summed E-state index contributed by atoms with van der Waals surface area (Å²) < 4.78 is 33.8. The lowest BCUT2D eigenvalue weighted by molar-refractivity contribution is -0.156. The third-order valence-corrected chi connectivity index (χ3v) is 14.6. The Morgan fingerprint density at radius 1 is 0.488 bits per heavy atom. The second kappa shape index (κ2) is 31.8. The topological polar surface area (TPSA) is 220 Å². The summed E-state index contributed by atoms with van der Waals surface area (Å²) in [5.41, 5.74) is 9.35. The van der Waals surface area contributed by atoms with Gasteiger partial charge in [-0.3, -0.25) is 33.6 Å². The number of carbonyl (C=O) groups is 7. The first-order valence-corrected chi connectivity index (χ1v) is 29.7. The predicted molar refractivity (Wildman–Crippen MR) is 319 cm³/mol. The van der Waals surface area contributed by atoms with Gasteiger partial charge in [-0.25, -0.2) is 4.79 Å². The quantitative estimate of drug-likeness (QED) is 0.0175. The molecule has 456 valence electrons. The summed E-state index contributed by atoms with van der Waals surface area (Å²) in [7, 11) is 0. The number of carbonyl (C=O) groups excluding carboxylic acids is 7. The molecule has 0 fully saturated rings. The maximum atomic E-state index is 14.4. The molecule has 4 aromatic carbocycles. The first-order chi connectivity index (χ1) is 40.0. The molecule has 3 N–H and O–H groups in total. The fraction of sp³-hybridized carbons (Fsp3) is 0.537. The van der Waals surface area contributed by atoms with Crippen LogP contribution < -0.4 is 16.1 Å². The number of ketones is 1. The van der Waals surface area contributed by atoms with Crippen LogP contribution in [0.3, 0.4) is 0 Å². The molecule has 17 nitrogen and oxygen atoms in total. The summed E-state index contributed by atoms with van der Waals surface area (Å²) in [6.07, 6.45) is 1.37. The Morgan fingerprint density at radius 2 is 0.952 bits per heavy atom. The zero-order valence-electron chi connectivity index (χ0n) is 50.8. The molecule has 2 aliphatic carbocycles. The van der Waals surface area contributed by atoms with Crippen LogP contribution in [-0.4, -0.2) is 112 Å². The molecule has 0 saturated carbocycles. The lowest BCUT2D eigenvalue weighted by Gasteiger charge is -2.24. The number of unbranched alkanes of at least 4 members (excludes halogenated alkanes) is 1. The Kier molecular flexibility index (Phi) is 25.1. The molecular formula is C67H89N3O14. The van der Waals surface area contributed by atoms with Gasteiger partial charge in [0.2, 0.25) is 11.8 Å². The Labute approximate surface area is 496 Å². The van der Waals surface area contributed by atoms with Gasteiger partial charge in [-0.05, 0) is 136 Å². The molecule has 3 atom stereocenters. The molecular weight excluding hydrogens is 1070 g/mol. The van der Waals surface area contributed by atoms with Crippen LogP contribution in [0.25, 0.3) is 22.3 Å². The van der Waals surface area contributed by atoms with Gasteiger partial charge in [-0.1, -0.05) is 118 Å². The maximum Gasteiger partial charge on any atom is 0.431 e. The highest BCUT2D eigenvalue weighted by Gasteiger charge is 2.34. The van der Waals surface area contributed by atoms with Crippen LogP contribution in [0.5, 0.6) is 0 Å². The second-order valence-corrected chi connectivity index (χ2v) is 24.9. The van der Waals surface area contributed by atoms with Crippen molar-refractivity contribution in [1.82, 2.24) is 16.1 Å². The fourth-order valence-electron chi connectivity index (χ4n) is 10.5. The van der Waals surface area contributed by atoms with Gasteiger partial charge in [-0.2, -0.15) is 5.48 Å². The molecule has 0 saturated heterocycles. The van der Waals surface area contributed by atoms with E-state index in [-0.39, 0.29) is 120 Å². The van der Waals surface area contributed by atoms with E-state index in [4.69, 9.17) is 33.3 Å². The number of hydrogen-bond donors (Lipinski definition) is 3. The first-order valence-electron chi connectivity index (χ1n) is 29.7. The van der Waals surface area contributed by atoms with Crippen molar-refractivity contribution >= 4 is 41.6 Å². The molecule has 4 aromatic rings. The van der Waals surface area contributed by atoms with E-state index in [1.54, 1.807) is 41.5 Å². The molecule has 0 heterocycles. The van der Waals surface area contributed by atoms with Crippen LogP contribution >= 0.6 is 0 Å². The van der Waals surface area contributed by atoms with Crippen LogP contribution in [0.2, 0.25) is 0 Å². The number of esters is 3. The normalized spacial score (nSPS) is 14.0. The molecule has 6 rings (SSSR count). The van der Waals surface area contributed by atoms with E-state index in [0.717, 1.165) is 44.5 Å². The standard InChI is InChI=1S/C67H89N3O14/c1-65(2,3)34-33-46(42-61(74)81-44-56-53-27-16-12-23-49(53)50-24-13-17-28-54(50)56)62(75)68-35-19-18-29-57(58(71)30-20-36-78-37-38-79-39-40-82-70-64(77)84-67(7,8)9)69-63(76)45(31-32-59(72)83-66(4,5)6)41-60(73)80-43-55-51-25-14-10-21-47(51)48-22-11-15-26-52(48)55/h10-17,21-28,45-46,55-57H,18-20,29-44H2,1-9H3,(H,68,75)(H,69,76)(H,70,77)/t45-,46-,57+/m0/s1. The minimum absolute atomic E-state index is 0.0351. The van der Waals surface area contributed by atoms with E-state index in [9.17, 15) is 33.6 Å². The minimum atomic E-state index is -1.04. The van der Waals surface area contributed by atoms with Crippen LogP contribution in [-0.2, 0) is 62.0 Å². The summed E-state index contributed by atoms with van der Waals surface area (Å²) in [5.74, 6) is -4.66. The van der Waals surface area contributed by atoms with E-state index in [0.29, 0.717) is 32.1 Å². The number of nitrogens with one attached hydrogen (secondary N) is 3. The van der Waals surface area contributed by atoms with E-state index in [1.165, 1.54) is 0 Å². The number of hydrogen-bond acceptors (Lipinski definition) is 14. The smallest absolute Gasteiger partial charge is 0.431 e. The predicted octanol–water partition coefficient (Wildman–Crippen LogP) is 11.3. The third-order valence-electron chi connectivity index (χ3n) is 14.6. The van der Waals surface area contributed by atoms with E-state index in [2.05, 4.69) is 61.2 Å². The molecule has 0 aromatic heterocycles. The summed E-state index contributed by atoms with van der Waals surface area (Å²) in [6, 6.07) is 31.3. The fourth-order valence-corrected chi connectivity index (χ4v) is 10.5. The van der Waals surface area contributed by atoms with Gasteiger partial charge in [0.1, 0.15) is 24.4 Å². The van der Waals surface area contributed by atoms with E-state index in [1.807, 2.05) is 72.8 Å². The van der Waals surface area contributed by atoms with Crippen molar-refractivity contribution in [3.05, 3.63) is 119 Å². The average Bonchev–Trinajstić information content (AvgIpc) is 2.30. The van der Waals surface area contributed by atoms with Crippen molar-refractivity contribution < 1.29 is 66.8 Å². The van der Waals surface area contributed by atoms with Gasteiger partial charge in [0.15, 0.2) is 5.78 Å². The molecule has 0 spiro atoms. The lowest BCUT2D eigenvalue weighted by Crippen LogP contribution is -2.44. The zero-order chi connectivity index (χ0) is 60.9. The maximum absolute atomic E-state index is 14.4. The minimum Gasteiger partial charge on any atom is -0.465 e. The van der Waals surface area contributed by atoms with Gasteiger partial charge < -0.3 is 39.1 Å². The molecule has 3 amide bonds. The van der Waals surface area contributed by atoms with Crippen LogP contribution in [0, 0.1) is 17.3 Å². The Morgan fingerprint density at radius 3 is 1.44 bits per heavy atom. The average molecular weight is 1160 g/mol. The van der Waals surface area contributed by atoms with E-state index < -0.39 is 59.0 Å². The van der Waals surface area contributed by atoms with Crippen molar-refractivity contribution in [3.63, 3.8) is 0 Å². The van der Waals surface area contributed by atoms with E-state index >= 15 is 0 Å². The van der Waals surface area contributed by atoms with Crippen LogP contribution in [0.4, 0.5) is 4.79 Å². The van der Waals surface area contributed by atoms with Crippen LogP contribution in [0.1, 0.15) is 167 Å². The second-order valence-electron chi connectivity index (χ2n) is 24.9. The van der Waals surface area contributed by atoms with Gasteiger partial charge in [0.25, 0.3) is 0 Å². The summed E-state index contributed by atoms with van der Waals surface area (Å²) in [6.45, 7) is 18.2. The monoisotopic (exact) mass is 1160 g/mol. The Balaban J connectivity index is 1.05. The first kappa shape index (κ1) is 66.2. The van der Waals surface area contributed by atoms with Crippen molar-refractivity contribution in [2.24, 2.45) is 17.3 Å². The summed E-state index contributed by atoms with van der Waals surface area (Å²) >= 11 is 0. The lowest BCUT2D eigenvalue weighted by atomic mass is 9.85. The molecule has 2 aliphatic rings. The number of hydroxylamine groups is 1. The summed E-state index contributed by atoms with van der Waals surface area (Å²) in [4.78, 5) is 99.6. The zero-order valence-corrected chi connectivity index (χ0v) is 50.8. The van der Waals surface area contributed by atoms with Crippen molar-refractivity contribution in [3.8, 4) is 22.3 Å². The molecule has 0 unspecified atom stereocenters. The highest BCUT2D eigenvalue weighted by molar-refractivity contribution is 5.91. The van der Waals surface area contributed by atoms with Crippen molar-refractivity contribution in [2.45, 2.75) is 162 Å². The van der Waals surface area contributed by atoms with Crippen molar-refractivity contribution in [1.29, 1.82) is 0 Å². The van der Waals surface area contributed by atoms with Gasteiger partial charge in [-0.15, -0.1) is 0 Å². The number of fused-ring (bicyclic) bond motifs is 6. The van der Waals surface area contributed by atoms with Gasteiger partial charge in [0, 0.05) is 49.7 Å². The number of amides is 3. The van der Waals surface area contributed by atoms with Crippen LogP contribution in [0.15, 0.2) is 97.1 Å². The number of benzene rings is 4. The molecule has 84 heavy (non-hydrogen) atoms. The SMILES string of the molecule is CC(C)(C)CC[C@@H](CC(=O)OCC1c2ccccc2-c2ccccc21)C(=O)NCCCC[C@@H](NC(=O)[C@@H](CCC(=O)OC(C)(C)C)CC(=O)OCC1c2ccccc2-c2ccccc21)C(=O)CCCOCCOCCONC(=O)OC(C)(C)C. The van der Waals surface area contributed by atoms with Crippen molar-refractivity contribution in [2.75, 3.05) is 52.8 Å². The molecule has 0 radical (unpaired) electrons. The number of rotatable bonds is 33.